The van der Waals surface area contributed by atoms with Crippen LogP contribution in [0, 0.1) is 0 Å². The lowest BCUT2D eigenvalue weighted by molar-refractivity contribution is -0.117. The average molecular weight is 393 g/mol. The smallest absolute Gasteiger partial charge is 0.315 e. The van der Waals surface area contributed by atoms with Crippen molar-refractivity contribution in [3.05, 3.63) is 59.7 Å². The van der Waals surface area contributed by atoms with E-state index in [1.54, 1.807) is 0 Å². The van der Waals surface area contributed by atoms with Gasteiger partial charge < -0.3 is 20.4 Å². The van der Waals surface area contributed by atoms with Crippen molar-refractivity contribution < 1.29 is 9.59 Å². The summed E-state index contributed by atoms with van der Waals surface area (Å²) in [4.78, 5) is 28.1. The van der Waals surface area contributed by atoms with Crippen molar-refractivity contribution in [3.63, 3.8) is 0 Å². The molecule has 2 N–H and O–H groups in total. The van der Waals surface area contributed by atoms with Crippen LogP contribution in [-0.4, -0.2) is 38.1 Å². The molecule has 4 rings (SSSR count). The van der Waals surface area contributed by atoms with Crippen molar-refractivity contribution in [1.29, 1.82) is 0 Å². The molecule has 0 unspecified atom stereocenters. The average Bonchev–Trinajstić information content (AvgIpc) is 3.36. The molecule has 0 saturated carbocycles. The Balaban J connectivity index is 1.15. The van der Waals surface area contributed by atoms with Gasteiger partial charge in [-0.3, -0.25) is 4.79 Å². The van der Waals surface area contributed by atoms with Gasteiger partial charge in [0.15, 0.2) is 0 Å². The third kappa shape index (κ3) is 4.70. The second-order valence-corrected chi connectivity index (χ2v) is 7.64. The van der Waals surface area contributed by atoms with Crippen LogP contribution in [0.2, 0.25) is 0 Å². The minimum atomic E-state index is -0.148. The summed E-state index contributed by atoms with van der Waals surface area (Å²) >= 11 is 0. The highest BCUT2D eigenvalue weighted by Gasteiger charge is 2.21. The fraction of sp³-hybridized carbons (Fsp3) is 0.391. The number of nitrogens with zero attached hydrogens (tertiary/aromatic N) is 2. The molecule has 2 aromatic carbocycles. The molecule has 152 valence electrons. The zero-order valence-electron chi connectivity index (χ0n) is 16.7. The maximum atomic E-state index is 12.0. The minimum Gasteiger partial charge on any atom is -0.371 e. The molecule has 2 aliphatic rings. The van der Waals surface area contributed by atoms with Crippen LogP contribution < -0.4 is 20.4 Å². The normalized spacial score (nSPS) is 15.5. The van der Waals surface area contributed by atoms with Crippen LogP contribution >= 0.6 is 0 Å². The third-order valence-electron chi connectivity index (χ3n) is 5.65. The summed E-state index contributed by atoms with van der Waals surface area (Å²) < 4.78 is 0. The van der Waals surface area contributed by atoms with Crippen molar-refractivity contribution in [2.24, 2.45) is 0 Å². The van der Waals surface area contributed by atoms with Gasteiger partial charge in [-0.05, 0) is 48.6 Å². The summed E-state index contributed by atoms with van der Waals surface area (Å²) in [5.74, 6) is 0.188. The second kappa shape index (κ2) is 8.99. The molecule has 3 amide bonds. The van der Waals surface area contributed by atoms with Crippen LogP contribution in [0.4, 0.5) is 16.2 Å². The first kappa shape index (κ1) is 19.3. The van der Waals surface area contributed by atoms with Crippen LogP contribution in [0.25, 0.3) is 0 Å². The highest BCUT2D eigenvalue weighted by molar-refractivity contribution is 5.95. The van der Waals surface area contributed by atoms with E-state index in [0.717, 1.165) is 50.1 Å². The number of amides is 3. The van der Waals surface area contributed by atoms with Crippen LogP contribution in [0.3, 0.4) is 0 Å². The number of hydrogen-bond donors (Lipinski definition) is 2. The lowest BCUT2D eigenvalue weighted by atomic mass is 10.2. The molecule has 1 saturated heterocycles. The Labute approximate surface area is 171 Å². The Morgan fingerprint density at radius 3 is 2.59 bits per heavy atom. The Morgan fingerprint density at radius 2 is 1.79 bits per heavy atom. The topological polar surface area (TPSA) is 64.7 Å². The standard InChI is InChI=1S/C23H28N4O2/c28-22-7-3-15-27(22)20-10-8-18(9-11-20)17-25-23(29)24-13-4-14-26-16-12-19-5-1-2-6-21(19)26/h1-2,5-6,8-11H,3-4,7,12-17H2,(H2,24,25,29). The molecule has 2 heterocycles. The molecular formula is C23H28N4O2. The van der Waals surface area contributed by atoms with Gasteiger partial charge in [0.1, 0.15) is 0 Å². The highest BCUT2D eigenvalue weighted by Crippen LogP contribution is 2.27. The van der Waals surface area contributed by atoms with E-state index in [0.29, 0.717) is 19.5 Å². The molecule has 0 bridgehead atoms. The van der Waals surface area contributed by atoms with E-state index in [-0.39, 0.29) is 11.9 Å². The van der Waals surface area contributed by atoms with Gasteiger partial charge in [0, 0.05) is 50.5 Å². The highest BCUT2D eigenvalue weighted by atomic mass is 16.2. The first-order valence-electron chi connectivity index (χ1n) is 10.4. The molecule has 2 aliphatic heterocycles. The van der Waals surface area contributed by atoms with Gasteiger partial charge in [-0.25, -0.2) is 4.79 Å². The van der Waals surface area contributed by atoms with E-state index in [1.165, 1.54) is 11.3 Å². The fourth-order valence-corrected chi connectivity index (χ4v) is 4.07. The number of hydrogen-bond acceptors (Lipinski definition) is 3. The number of anilines is 2. The van der Waals surface area contributed by atoms with E-state index >= 15 is 0 Å². The Hall–Kier alpha value is -3.02. The second-order valence-electron chi connectivity index (χ2n) is 7.64. The summed E-state index contributed by atoms with van der Waals surface area (Å²) in [6.07, 6.45) is 3.58. The number of nitrogens with one attached hydrogen (secondary N) is 2. The van der Waals surface area contributed by atoms with E-state index in [1.807, 2.05) is 29.2 Å². The summed E-state index contributed by atoms with van der Waals surface area (Å²) in [5, 5.41) is 5.83. The first-order valence-corrected chi connectivity index (χ1v) is 10.4. The number of carbonyl (C=O) groups excluding carboxylic acids is 2. The van der Waals surface area contributed by atoms with Crippen molar-refractivity contribution in [2.45, 2.75) is 32.2 Å². The molecule has 29 heavy (non-hydrogen) atoms. The number of fused-ring (bicyclic) bond motifs is 1. The van der Waals surface area contributed by atoms with E-state index in [9.17, 15) is 9.59 Å². The molecule has 6 nitrogen and oxygen atoms in total. The van der Waals surface area contributed by atoms with E-state index in [2.05, 4.69) is 39.8 Å². The number of rotatable bonds is 7. The quantitative estimate of drug-likeness (QED) is 0.712. The predicted molar refractivity (Wildman–Crippen MR) is 115 cm³/mol. The zero-order valence-corrected chi connectivity index (χ0v) is 16.7. The molecule has 0 radical (unpaired) electrons. The molecule has 6 heteroatoms. The SMILES string of the molecule is O=C(NCCCN1CCc2ccccc21)NCc1ccc(N2CCCC2=O)cc1. The van der Waals surface area contributed by atoms with Gasteiger partial charge in [0.05, 0.1) is 0 Å². The zero-order chi connectivity index (χ0) is 20.1. The van der Waals surface area contributed by atoms with Crippen molar-refractivity contribution in [3.8, 4) is 0 Å². The van der Waals surface area contributed by atoms with E-state index in [4.69, 9.17) is 0 Å². The largest absolute Gasteiger partial charge is 0.371 e. The fourth-order valence-electron chi connectivity index (χ4n) is 4.07. The van der Waals surface area contributed by atoms with Crippen molar-refractivity contribution in [1.82, 2.24) is 10.6 Å². The van der Waals surface area contributed by atoms with E-state index < -0.39 is 0 Å². The van der Waals surface area contributed by atoms with Crippen LogP contribution in [-0.2, 0) is 17.8 Å². The summed E-state index contributed by atoms with van der Waals surface area (Å²) in [5.41, 5.74) is 4.70. The minimum absolute atomic E-state index is 0.148. The maximum Gasteiger partial charge on any atom is 0.315 e. The van der Waals surface area contributed by atoms with Crippen molar-refractivity contribution >= 4 is 23.3 Å². The van der Waals surface area contributed by atoms with Crippen LogP contribution in [0.5, 0.6) is 0 Å². The molecule has 0 atom stereocenters. The first-order chi connectivity index (χ1) is 14.2. The van der Waals surface area contributed by atoms with Gasteiger partial charge in [-0.15, -0.1) is 0 Å². The van der Waals surface area contributed by atoms with Gasteiger partial charge in [0.25, 0.3) is 0 Å². The number of benzene rings is 2. The molecule has 0 aliphatic carbocycles. The van der Waals surface area contributed by atoms with Crippen LogP contribution in [0.15, 0.2) is 48.5 Å². The summed E-state index contributed by atoms with van der Waals surface area (Å²) in [6.45, 7) is 3.93. The molecule has 2 aromatic rings. The number of urea groups is 1. The number of para-hydroxylation sites is 1. The molecule has 1 fully saturated rings. The van der Waals surface area contributed by atoms with Gasteiger partial charge in [-0.1, -0.05) is 30.3 Å². The summed E-state index contributed by atoms with van der Waals surface area (Å²) in [6, 6.07) is 16.2. The van der Waals surface area contributed by atoms with Gasteiger partial charge >= 0.3 is 6.03 Å². The predicted octanol–water partition coefficient (Wildman–Crippen LogP) is 3.07. The maximum absolute atomic E-state index is 12.0. The molecule has 0 aromatic heterocycles. The lowest BCUT2D eigenvalue weighted by Gasteiger charge is -2.19. The number of carbonyl (C=O) groups is 2. The molecule has 0 spiro atoms. The molecular weight excluding hydrogens is 364 g/mol. The Morgan fingerprint density at radius 1 is 0.966 bits per heavy atom. The monoisotopic (exact) mass is 392 g/mol. The Kier molecular flexibility index (Phi) is 5.98. The lowest BCUT2D eigenvalue weighted by Crippen LogP contribution is -2.36. The third-order valence-corrected chi connectivity index (χ3v) is 5.65. The van der Waals surface area contributed by atoms with Gasteiger partial charge in [-0.2, -0.15) is 0 Å². The van der Waals surface area contributed by atoms with Crippen molar-refractivity contribution in [2.75, 3.05) is 36.0 Å². The van der Waals surface area contributed by atoms with Gasteiger partial charge in [0.2, 0.25) is 5.91 Å². The Bertz CT molecular complexity index is 865. The van der Waals surface area contributed by atoms with Crippen LogP contribution in [0.1, 0.15) is 30.4 Å². The summed E-state index contributed by atoms with van der Waals surface area (Å²) in [7, 11) is 0.